The topological polar surface area (TPSA) is 48.8 Å². The smallest absolute Gasteiger partial charge is 0.206 e. The van der Waals surface area contributed by atoms with E-state index in [1.54, 1.807) is 0 Å². The van der Waals surface area contributed by atoms with E-state index in [2.05, 4.69) is 10.0 Å². The summed E-state index contributed by atoms with van der Waals surface area (Å²) in [6.45, 7) is 0. The number of rotatable bonds is 2. The van der Waals surface area contributed by atoms with E-state index in [4.69, 9.17) is 5.53 Å². The quantitative estimate of drug-likeness (QED) is 0.304. The lowest BCUT2D eigenvalue weighted by Gasteiger charge is -2.10. The van der Waals surface area contributed by atoms with Gasteiger partial charge in [-0.1, -0.05) is 35.4 Å². The van der Waals surface area contributed by atoms with E-state index in [0.29, 0.717) is 11.3 Å². The highest BCUT2D eigenvalue weighted by Gasteiger charge is 2.34. The molecular weight excluding hydrogens is 274 g/mol. The molecule has 102 valence electrons. The van der Waals surface area contributed by atoms with Crippen molar-refractivity contribution in [3.63, 3.8) is 0 Å². The molecule has 0 saturated heterocycles. The Morgan fingerprint density at radius 3 is 2.10 bits per heavy atom. The third kappa shape index (κ3) is 2.89. The van der Waals surface area contributed by atoms with Crippen molar-refractivity contribution in [1.29, 1.82) is 0 Å². The first-order valence-corrected chi connectivity index (χ1v) is 5.44. The van der Waals surface area contributed by atoms with Crippen LogP contribution in [0.2, 0.25) is 0 Å². The first kappa shape index (κ1) is 13.9. The lowest BCUT2D eigenvalue weighted by atomic mass is 10.0. The van der Waals surface area contributed by atoms with Crippen LogP contribution in [0.3, 0.4) is 0 Å². The zero-order valence-corrected chi connectivity index (χ0v) is 9.89. The molecule has 0 aliphatic carbocycles. The molecule has 0 atom stereocenters. The summed E-state index contributed by atoms with van der Waals surface area (Å²) in [6, 6.07) is 8.71. The van der Waals surface area contributed by atoms with E-state index in [1.165, 1.54) is 30.3 Å². The summed E-state index contributed by atoms with van der Waals surface area (Å²) in [4.78, 5) is 2.59. The molecule has 2 rings (SSSR count). The Morgan fingerprint density at radius 1 is 0.950 bits per heavy atom. The Bertz CT molecular complexity index is 671. The summed E-state index contributed by atoms with van der Waals surface area (Å²) in [5, 5.41) is 3.35. The fraction of sp³-hybridized carbons (Fsp3) is 0.0769. The van der Waals surface area contributed by atoms with Crippen LogP contribution in [0, 0.1) is 5.82 Å². The summed E-state index contributed by atoms with van der Waals surface area (Å²) in [7, 11) is 0. The molecule has 0 aromatic heterocycles. The molecule has 0 radical (unpaired) electrons. The second-order valence-corrected chi connectivity index (χ2v) is 3.93. The van der Waals surface area contributed by atoms with Crippen molar-refractivity contribution < 1.29 is 17.6 Å². The minimum Gasteiger partial charge on any atom is -0.206 e. The highest BCUT2D eigenvalue weighted by molar-refractivity contribution is 5.66. The van der Waals surface area contributed by atoms with Crippen LogP contribution in [0.25, 0.3) is 21.6 Å². The van der Waals surface area contributed by atoms with Gasteiger partial charge in [0.15, 0.2) is 0 Å². The molecule has 0 spiro atoms. The van der Waals surface area contributed by atoms with Gasteiger partial charge in [-0.15, -0.1) is 0 Å². The van der Waals surface area contributed by atoms with E-state index in [9.17, 15) is 17.6 Å². The van der Waals surface area contributed by atoms with Gasteiger partial charge in [0, 0.05) is 10.6 Å². The highest BCUT2D eigenvalue weighted by Crippen LogP contribution is 2.34. The number of halogens is 4. The van der Waals surface area contributed by atoms with Crippen molar-refractivity contribution in [2.75, 3.05) is 0 Å². The zero-order chi connectivity index (χ0) is 14.8. The number of nitrogens with zero attached hydrogens (tertiary/aromatic N) is 3. The van der Waals surface area contributed by atoms with Gasteiger partial charge in [-0.05, 0) is 28.8 Å². The highest BCUT2D eigenvalue weighted by atomic mass is 19.4. The molecule has 0 aliphatic heterocycles. The van der Waals surface area contributed by atoms with Crippen LogP contribution in [0.5, 0.6) is 0 Å². The Hall–Kier alpha value is -2.53. The SMILES string of the molecule is [N-]=[N+]=Nc1ccc(-c2ccc(F)c(C(F)(F)F)c2)cc1. The molecule has 2 aromatic carbocycles. The molecule has 0 fully saturated rings. The Balaban J connectivity index is 2.45. The third-order valence-electron chi connectivity index (χ3n) is 2.63. The maximum atomic E-state index is 13.2. The number of hydrogen-bond donors (Lipinski definition) is 0. The van der Waals surface area contributed by atoms with E-state index in [0.717, 1.165) is 12.1 Å². The van der Waals surface area contributed by atoms with Crippen LogP contribution >= 0.6 is 0 Å². The number of benzene rings is 2. The van der Waals surface area contributed by atoms with E-state index in [1.807, 2.05) is 0 Å². The summed E-state index contributed by atoms with van der Waals surface area (Å²) < 4.78 is 51.0. The van der Waals surface area contributed by atoms with Gasteiger partial charge in [0.2, 0.25) is 0 Å². The van der Waals surface area contributed by atoms with Crippen LogP contribution in [0.15, 0.2) is 47.6 Å². The predicted octanol–water partition coefficient (Wildman–Crippen LogP) is 5.45. The molecular formula is C13H7F4N3. The molecule has 2 aromatic rings. The Morgan fingerprint density at radius 2 is 1.55 bits per heavy atom. The molecule has 20 heavy (non-hydrogen) atoms. The normalized spacial score (nSPS) is 11.0. The Labute approximate surface area is 111 Å². The van der Waals surface area contributed by atoms with Crippen molar-refractivity contribution in [2.45, 2.75) is 6.18 Å². The second kappa shape index (κ2) is 5.22. The first-order valence-electron chi connectivity index (χ1n) is 5.44. The summed E-state index contributed by atoms with van der Waals surface area (Å²) in [5.41, 5.74) is 7.98. The zero-order valence-electron chi connectivity index (χ0n) is 9.89. The number of hydrogen-bond acceptors (Lipinski definition) is 1. The maximum absolute atomic E-state index is 13.2. The maximum Gasteiger partial charge on any atom is 0.419 e. The average molecular weight is 281 g/mol. The van der Waals surface area contributed by atoms with Gasteiger partial charge in [-0.2, -0.15) is 13.2 Å². The number of alkyl halides is 3. The average Bonchev–Trinajstić information content (AvgIpc) is 2.39. The minimum absolute atomic E-state index is 0.228. The van der Waals surface area contributed by atoms with Crippen LogP contribution in [-0.2, 0) is 6.18 Å². The summed E-state index contributed by atoms with van der Waals surface area (Å²) in [6.07, 6.45) is -4.74. The lowest BCUT2D eigenvalue weighted by molar-refractivity contribution is -0.139. The number of azide groups is 1. The predicted molar refractivity (Wildman–Crippen MR) is 65.6 cm³/mol. The molecule has 0 saturated carbocycles. The van der Waals surface area contributed by atoms with Crippen molar-refractivity contribution in [2.24, 2.45) is 5.11 Å². The molecule has 0 unspecified atom stereocenters. The fourth-order valence-corrected chi connectivity index (χ4v) is 1.69. The largest absolute Gasteiger partial charge is 0.419 e. The van der Waals surface area contributed by atoms with Crippen molar-refractivity contribution in [3.05, 3.63) is 64.3 Å². The van der Waals surface area contributed by atoms with Gasteiger partial charge in [0.25, 0.3) is 0 Å². The van der Waals surface area contributed by atoms with Gasteiger partial charge in [0.05, 0.1) is 5.56 Å². The van der Waals surface area contributed by atoms with Crippen molar-refractivity contribution in [1.82, 2.24) is 0 Å². The third-order valence-corrected chi connectivity index (χ3v) is 2.63. The standard InChI is InChI=1S/C13H7F4N3/c14-12-6-3-9(7-11(12)13(15,16)17)8-1-4-10(5-2-8)19-20-18/h1-7H. The fourth-order valence-electron chi connectivity index (χ4n) is 1.69. The van der Waals surface area contributed by atoms with Gasteiger partial charge in [-0.25, -0.2) is 4.39 Å². The van der Waals surface area contributed by atoms with Crippen molar-refractivity contribution in [3.8, 4) is 11.1 Å². The lowest BCUT2D eigenvalue weighted by Crippen LogP contribution is -2.08. The van der Waals surface area contributed by atoms with Crippen LogP contribution in [0.1, 0.15) is 5.56 Å². The Kier molecular flexibility index (Phi) is 3.63. The molecule has 3 nitrogen and oxygen atoms in total. The summed E-state index contributed by atoms with van der Waals surface area (Å²) in [5.74, 6) is -1.31. The summed E-state index contributed by atoms with van der Waals surface area (Å²) >= 11 is 0. The minimum atomic E-state index is -4.74. The first-order chi connectivity index (χ1) is 9.41. The van der Waals surface area contributed by atoms with E-state index in [-0.39, 0.29) is 5.56 Å². The van der Waals surface area contributed by atoms with Gasteiger partial charge in [0.1, 0.15) is 5.82 Å². The molecule has 7 heteroatoms. The second-order valence-electron chi connectivity index (χ2n) is 3.93. The van der Waals surface area contributed by atoms with Crippen molar-refractivity contribution >= 4 is 5.69 Å². The van der Waals surface area contributed by atoms with E-state index < -0.39 is 17.6 Å². The van der Waals surface area contributed by atoms with Gasteiger partial charge >= 0.3 is 6.18 Å². The molecule has 0 heterocycles. The van der Waals surface area contributed by atoms with Crippen LogP contribution < -0.4 is 0 Å². The van der Waals surface area contributed by atoms with Crippen LogP contribution in [-0.4, -0.2) is 0 Å². The molecule has 0 bridgehead atoms. The molecule has 0 aliphatic rings. The monoisotopic (exact) mass is 281 g/mol. The van der Waals surface area contributed by atoms with Gasteiger partial charge < -0.3 is 0 Å². The van der Waals surface area contributed by atoms with E-state index >= 15 is 0 Å². The molecule has 0 N–H and O–H groups in total. The van der Waals surface area contributed by atoms with Crippen LogP contribution in [0.4, 0.5) is 23.2 Å². The van der Waals surface area contributed by atoms with Gasteiger partial charge in [-0.3, -0.25) is 0 Å². The molecule has 0 amide bonds.